The van der Waals surface area contributed by atoms with E-state index in [1.54, 1.807) is 12.4 Å². The predicted molar refractivity (Wildman–Crippen MR) is 112 cm³/mol. The number of hydrogen-bond donors (Lipinski definition) is 0. The minimum atomic E-state index is -4.44. The summed E-state index contributed by atoms with van der Waals surface area (Å²) in [6.07, 6.45) is -2.71. The van der Waals surface area contributed by atoms with Crippen LogP contribution in [0, 0.1) is 6.92 Å². The lowest BCUT2D eigenvalue weighted by molar-refractivity contribution is -0.137. The highest BCUT2D eigenvalue weighted by molar-refractivity contribution is 5.92. The van der Waals surface area contributed by atoms with Crippen LogP contribution >= 0.6 is 0 Å². The summed E-state index contributed by atoms with van der Waals surface area (Å²) in [6, 6.07) is 8.36. The molecule has 0 radical (unpaired) electrons. The van der Waals surface area contributed by atoms with Gasteiger partial charge in [0.2, 0.25) is 0 Å². The average molecular weight is 420 g/mol. The van der Waals surface area contributed by atoms with Crippen molar-refractivity contribution in [1.29, 1.82) is 0 Å². The molecule has 162 valence electrons. The Hall–Kier alpha value is -2.83. The van der Waals surface area contributed by atoms with E-state index in [1.807, 2.05) is 45.7 Å². The molecule has 0 N–H and O–H groups in total. The van der Waals surface area contributed by atoms with Crippen LogP contribution in [0.1, 0.15) is 59.3 Å². The third-order valence-electron chi connectivity index (χ3n) is 4.73. The molecule has 0 spiro atoms. The summed E-state index contributed by atoms with van der Waals surface area (Å²) < 4.78 is 43.9. The molecule has 2 aromatic rings. The van der Waals surface area contributed by atoms with Crippen LogP contribution in [0.4, 0.5) is 18.9 Å². The molecule has 30 heavy (non-hydrogen) atoms. The van der Waals surface area contributed by atoms with Crippen molar-refractivity contribution >= 4 is 18.0 Å². The van der Waals surface area contributed by atoms with Gasteiger partial charge in [0.15, 0.2) is 0 Å². The molecule has 0 unspecified atom stereocenters. The Kier molecular flexibility index (Phi) is 7.65. The van der Waals surface area contributed by atoms with Crippen LogP contribution in [0.2, 0.25) is 0 Å². The number of carbonyl (C=O) groups excluding carboxylic acids is 1. The Labute approximate surface area is 175 Å². The summed E-state index contributed by atoms with van der Waals surface area (Å²) >= 11 is 0. The summed E-state index contributed by atoms with van der Waals surface area (Å²) in [5, 5.41) is 0. The maximum Gasteiger partial charge on any atom is 0.416 e. The van der Waals surface area contributed by atoms with Gasteiger partial charge in [0.1, 0.15) is 6.61 Å². The van der Waals surface area contributed by atoms with E-state index in [0.717, 1.165) is 35.5 Å². The number of ether oxygens (including phenoxy) is 1. The highest BCUT2D eigenvalue weighted by Gasteiger charge is 2.30. The van der Waals surface area contributed by atoms with E-state index in [2.05, 4.69) is 4.99 Å². The van der Waals surface area contributed by atoms with Crippen molar-refractivity contribution in [3.8, 4) is 0 Å². The van der Waals surface area contributed by atoms with E-state index in [1.165, 1.54) is 12.1 Å². The Balaban J connectivity index is 2.25. The Morgan fingerprint density at radius 1 is 1.23 bits per heavy atom. The number of halogens is 3. The molecule has 7 heteroatoms. The summed E-state index contributed by atoms with van der Waals surface area (Å²) in [7, 11) is 1.92. The maximum absolute atomic E-state index is 12.9. The number of nitrogens with zero attached hydrogens (tertiary/aromatic N) is 2. The fourth-order valence-electron chi connectivity index (χ4n) is 2.81. The van der Waals surface area contributed by atoms with Gasteiger partial charge in [-0.15, -0.1) is 0 Å². The standard InChI is InChI=1S/C23H27F3N2O2/c1-6-28(5)14-27-21-12-19(15(2)3)20(10-16(21)4)22(29)30-13-17-8-7-9-18(11-17)23(24,25)26/h7-12,14-15H,6,13H2,1-5H3/b27-14+. The van der Waals surface area contributed by atoms with Crippen molar-refractivity contribution in [2.24, 2.45) is 4.99 Å². The molecule has 0 aliphatic carbocycles. The molecule has 0 atom stereocenters. The Bertz CT molecular complexity index is 921. The quantitative estimate of drug-likeness (QED) is 0.308. The normalized spacial score (nSPS) is 11.9. The van der Waals surface area contributed by atoms with Crippen LogP contribution in [-0.2, 0) is 17.5 Å². The van der Waals surface area contributed by atoms with Gasteiger partial charge in [0, 0.05) is 13.6 Å². The highest BCUT2D eigenvalue weighted by Crippen LogP contribution is 2.31. The van der Waals surface area contributed by atoms with Gasteiger partial charge in [-0.2, -0.15) is 13.2 Å². The summed E-state index contributed by atoms with van der Waals surface area (Å²) in [4.78, 5) is 19.1. The van der Waals surface area contributed by atoms with Crippen molar-refractivity contribution in [3.63, 3.8) is 0 Å². The van der Waals surface area contributed by atoms with E-state index in [0.29, 0.717) is 5.56 Å². The Morgan fingerprint density at radius 3 is 2.53 bits per heavy atom. The smallest absolute Gasteiger partial charge is 0.416 e. The van der Waals surface area contributed by atoms with E-state index >= 15 is 0 Å². The van der Waals surface area contributed by atoms with Crippen LogP contribution in [0.15, 0.2) is 41.4 Å². The molecule has 0 amide bonds. The number of carbonyl (C=O) groups is 1. The number of aryl methyl sites for hydroxylation is 1. The maximum atomic E-state index is 12.9. The molecule has 0 saturated heterocycles. The third kappa shape index (κ3) is 6.08. The third-order valence-corrected chi connectivity index (χ3v) is 4.73. The molecule has 0 aliphatic heterocycles. The van der Waals surface area contributed by atoms with Gasteiger partial charge >= 0.3 is 12.1 Å². The van der Waals surface area contributed by atoms with Crippen molar-refractivity contribution in [1.82, 2.24) is 4.90 Å². The largest absolute Gasteiger partial charge is 0.457 e. The fraction of sp³-hybridized carbons (Fsp3) is 0.391. The zero-order chi connectivity index (χ0) is 22.5. The molecule has 4 nitrogen and oxygen atoms in total. The minimum Gasteiger partial charge on any atom is -0.457 e. The summed E-state index contributed by atoms with van der Waals surface area (Å²) in [5.41, 5.74) is 2.26. The minimum absolute atomic E-state index is 0.0413. The number of benzene rings is 2. The predicted octanol–water partition coefficient (Wildman–Crippen LogP) is 6.11. The van der Waals surface area contributed by atoms with Crippen LogP contribution in [0.3, 0.4) is 0 Å². The lowest BCUT2D eigenvalue weighted by Gasteiger charge is -2.16. The van der Waals surface area contributed by atoms with E-state index in [4.69, 9.17) is 4.74 Å². The molecule has 0 bridgehead atoms. The van der Waals surface area contributed by atoms with Crippen molar-refractivity contribution < 1.29 is 22.7 Å². The first-order valence-electron chi connectivity index (χ1n) is 9.75. The van der Waals surface area contributed by atoms with Crippen LogP contribution < -0.4 is 0 Å². The van der Waals surface area contributed by atoms with Gasteiger partial charge in [0.05, 0.1) is 23.2 Å². The van der Waals surface area contributed by atoms with Crippen LogP contribution in [-0.4, -0.2) is 30.8 Å². The lowest BCUT2D eigenvalue weighted by atomic mass is 9.94. The molecule has 0 saturated carbocycles. The number of alkyl halides is 3. The topological polar surface area (TPSA) is 41.9 Å². The van der Waals surface area contributed by atoms with E-state index < -0.39 is 17.7 Å². The first kappa shape index (κ1) is 23.4. The van der Waals surface area contributed by atoms with Crippen LogP contribution in [0.25, 0.3) is 0 Å². The molecule has 0 aromatic heterocycles. The lowest BCUT2D eigenvalue weighted by Crippen LogP contribution is -2.14. The number of rotatable bonds is 7. The molecule has 2 aromatic carbocycles. The fourth-order valence-corrected chi connectivity index (χ4v) is 2.81. The average Bonchev–Trinajstić information content (AvgIpc) is 2.69. The molecule has 2 rings (SSSR count). The van der Waals surface area contributed by atoms with Gasteiger partial charge in [-0.1, -0.05) is 26.0 Å². The number of aliphatic imine (C=N–C) groups is 1. The first-order chi connectivity index (χ1) is 14.0. The van der Waals surface area contributed by atoms with Crippen LogP contribution in [0.5, 0.6) is 0 Å². The zero-order valence-corrected chi connectivity index (χ0v) is 17.9. The van der Waals surface area contributed by atoms with E-state index in [-0.39, 0.29) is 18.1 Å². The van der Waals surface area contributed by atoms with Gasteiger partial charge < -0.3 is 9.64 Å². The molecular formula is C23H27F3N2O2. The second-order valence-corrected chi connectivity index (χ2v) is 7.47. The molecule has 0 aliphatic rings. The molecule has 0 heterocycles. The number of esters is 1. The summed E-state index contributed by atoms with van der Waals surface area (Å²) in [5.74, 6) is -0.528. The molecular weight excluding hydrogens is 393 g/mol. The number of hydrogen-bond acceptors (Lipinski definition) is 3. The second kappa shape index (κ2) is 9.78. The van der Waals surface area contributed by atoms with Crippen molar-refractivity contribution in [3.05, 3.63) is 64.2 Å². The van der Waals surface area contributed by atoms with Gasteiger partial charge in [0.25, 0.3) is 0 Å². The van der Waals surface area contributed by atoms with Gasteiger partial charge in [-0.3, -0.25) is 0 Å². The monoisotopic (exact) mass is 420 g/mol. The summed E-state index contributed by atoms with van der Waals surface area (Å²) in [6.45, 7) is 8.37. The zero-order valence-electron chi connectivity index (χ0n) is 17.9. The van der Waals surface area contributed by atoms with Crippen molar-refractivity contribution in [2.45, 2.75) is 46.4 Å². The SMILES string of the molecule is CCN(C)/C=N/c1cc(C(C)C)c(C(=O)OCc2cccc(C(F)(F)F)c2)cc1C. The molecule has 0 fully saturated rings. The first-order valence-corrected chi connectivity index (χ1v) is 9.75. The van der Waals surface area contributed by atoms with Gasteiger partial charge in [-0.25, -0.2) is 9.79 Å². The second-order valence-electron chi connectivity index (χ2n) is 7.47. The van der Waals surface area contributed by atoms with Gasteiger partial charge in [-0.05, 0) is 60.7 Å². The van der Waals surface area contributed by atoms with Crippen molar-refractivity contribution in [2.75, 3.05) is 13.6 Å². The highest BCUT2D eigenvalue weighted by atomic mass is 19.4. The van der Waals surface area contributed by atoms with E-state index in [9.17, 15) is 18.0 Å². The Morgan fingerprint density at radius 2 is 1.93 bits per heavy atom.